The first-order chi connectivity index (χ1) is 8.84. The standard InChI is InChI=1S/C13H23NO5/c1-5-9(14)17-12-7(2)10(15)11(18-12)8-6-16-13(3,4)19-8/h7-8,10-12,14-15H,5-6H2,1-4H3. The van der Waals surface area contributed by atoms with Gasteiger partial charge >= 0.3 is 0 Å². The third kappa shape index (κ3) is 3.08. The van der Waals surface area contributed by atoms with Crippen LogP contribution in [0.4, 0.5) is 0 Å². The van der Waals surface area contributed by atoms with Crippen LogP contribution in [0.25, 0.3) is 0 Å². The minimum atomic E-state index is -0.683. The van der Waals surface area contributed by atoms with E-state index < -0.39 is 24.3 Å². The summed E-state index contributed by atoms with van der Waals surface area (Å²) in [4.78, 5) is 0. The first-order valence-corrected chi connectivity index (χ1v) is 6.73. The van der Waals surface area contributed by atoms with E-state index in [1.807, 2.05) is 27.7 Å². The maximum atomic E-state index is 10.2. The van der Waals surface area contributed by atoms with Gasteiger partial charge in [-0.1, -0.05) is 13.8 Å². The minimum absolute atomic E-state index is 0.161. The highest BCUT2D eigenvalue weighted by atomic mass is 16.8. The highest BCUT2D eigenvalue weighted by Gasteiger charge is 2.50. The van der Waals surface area contributed by atoms with Crippen molar-refractivity contribution in [3.8, 4) is 0 Å². The molecule has 0 aliphatic carbocycles. The van der Waals surface area contributed by atoms with Gasteiger partial charge in [0.2, 0.25) is 6.29 Å². The van der Waals surface area contributed by atoms with Gasteiger partial charge in [-0.25, -0.2) is 0 Å². The van der Waals surface area contributed by atoms with Gasteiger partial charge in [0.25, 0.3) is 0 Å². The molecule has 0 radical (unpaired) electrons. The van der Waals surface area contributed by atoms with Gasteiger partial charge in [0, 0.05) is 12.3 Å². The van der Waals surface area contributed by atoms with Crippen molar-refractivity contribution in [2.45, 2.75) is 64.5 Å². The zero-order chi connectivity index (χ0) is 14.2. The van der Waals surface area contributed by atoms with Crippen LogP contribution in [0.2, 0.25) is 0 Å². The van der Waals surface area contributed by atoms with Gasteiger partial charge in [-0.05, 0) is 13.8 Å². The monoisotopic (exact) mass is 273 g/mol. The molecule has 19 heavy (non-hydrogen) atoms. The predicted octanol–water partition coefficient (Wildman–Crippen LogP) is 1.26. The Hall–Kier alpha value is -0.690. The first kappa shape index (κ1) is 14.7. The van der Waals surface area contributed by atoms with Gasteiger partial charge in [-0.15, -0.1) is 0 Å². The molecule has 0 amide bonds. The molecule has 5 atom stereocenters. The average molecular weight is 273 g/mol. The van der Waals surface area contributed by atoms with Gasteiger partial charge in [0.05, 0.1) is 12.7 Å². The van der Waals surface area contributed by atoms with Crippen molar-refractivity contribution in [2.75, 3.05) is 6.61 Å². The van der Waals surface area contributed by atoms with Gasteiger partial charge in [0.15, 0.2) is 11.7 Å². The summed E-state index contributed by atoms with van der Waals surface area (Å²) in [6.45, 7) is 7.74. The number of rotatable bonds is 3. The maximum absolute atomic E-state index is 10.2. The van der Waals surface area contributed by atoms with Crippen molar-refractivity contribution in [3.05, 3.63) is 0 Å². The predicted molar refractivity (Wildman–Crippen MR) is 67.8 cm³/mol. The van der Waals surface area contributed by atoms with Gasteiger partial charge in [-0.2, -0.15) is 0 Å². The molecule has 2 saturated heterocycles. The molecule has 0 aromatic carbocycles. The summed E-state index contributed by atoms with van der Waals surface area (Å²) in [6.07, 6.45) is -1.57. The fourth-order valence-corrected chi connectivity index (χ4v) is 2.36. The Kier molecular flexibility index (Phi) is 4.15. The lowest BCUT2D eigenvalue weighted by Gasteiger charge is -2.22. The van der Waals surface area contributed by atoms with E-state index >= 15 is 0 Å². The normalized spacial score (nSPS) is 41.4. The van der Waals surface area contributed by atoms with Crippen LogP contribution in [-0.2, 0) is 18.9 Å². The zero-order valence-corrected chi connectivity index (χ0v) is 11.9. The molecule has 0 aromatic heterocycles. The summed E-state index contributed by atoms with van der Waals surface area (Å²) in [7, 11) is 0. The van der Waals surface area contributed by atoms with E-state index in [0.717, 1.165) is 0 Å². The second-order valence-electron chi connectivity index (χ2n) is 5.58. The molecule has 2 heterocycles. The van der Waals surface area contributed by atoms with Crippen molar-refractivity contribution >= 4 is 5.90 Å². The molecular weight excluding hydrogens is 250 g/mol. The van der Waals surface area contributed by atoms with Gasteiger partial charge < -0.3 is 24.1 Å². The number of aliphatic hydroxyl groups excluding tert-OH is 1. The average Bonchev–Trinajstić information content (AvgIpc) is 2.83. The van der Waals surface area contributed by atoms with E-state index in [4.69, 9.17) is 24.4 Å². The lowest BCUT2D eigenvalue weighted by Crippen LogP contribution is -2.38. The third-order valence-corrected chi connectivity index (χ3v) is 3.57. The summed E-state index contributed by atoms with van der Waals surface area (Å²) >= 11 is 0. The van der Waals surface area contributed by atoms with Crippen LogP contribution >= 0.6 is 0 Å². The van der Waals surface area contributed by atoms with Crippen molar-refractivity contribution < 1.29 is 24.1 Å². The van der Waals surface area contributed by atoms with Crippen LogP contribution in [0.3, 0.4) is 0 Å². The molecule has 5 unspecified atom stereocenters. The maximum Gasteiger partial charge on any atom is 0.206 e. The second-order valence-corrected chi connectivity index (χ2v) is 5.58. The lowest BCUT2D eigenvalue weighted by molar-refractivity contribution is -0.174. The van der Waals surface area contributed by atoms with Crippen LogP contribution in [-0.4, -0.2) is 48.0 Å². The highest BCUT2D eigenvalue weighted by molar-refractivity contribution is 5.72. The van der Waals surface area contributed by atoms with Crippen molar-refractivity contribution in [2.24, 2.45) is 5.92 Å². The fourth-order valence-electron chi connectivity index (χ4n) is 2.36. The number of aliphatic hydroxyl groups is 1. The number of nitrogens with one attached hydrogen (secondary N) is 1. The molecule has 0 spiro atoms. The summed E-state index contributed by atoms with van der Waals surface area (Å²) in [5.74, 6) is -0.690. The fraction of sp³-hybridized carbons (Fsp3) is 0.923. The Labute approximate surface area is 113 Å². The van der Waals surface area contributed by atoms with E-state index in [1.165, 1.54) is 0 Å². The summed E-state index contributed by atoms with van der Waals surface area (Å²) in [5, 5.41) is 17.8. The molecule has 2 aliphatic heterocycles. The van der Waals surface area contributed by atoms with Gasteiger partial charge in [0.1, 0.15) is 12.2 Å². The van der Waals surface area contributed by atoms with E-state index in [9.17, 15) is 5.11 Å². The quantitative estimate of drug-likeness (QED) is 0.597. The van der Waals surface area contributed by atoms with Crippen molar-refractivity contribution in [1.82, 2.24) is 0 Å². The first-order valence-electron chi connectivity index (χ1n) is 6.73. The van der Waals surface area contributed by atoms with Crippen molar-refractivity contribution in [3.63, 3.8) is 0 Å². The van der Waals surface area contributed by atoms with E-state index in [2.05, 4.69) is 0 Å². The molecule has 0 bridgehead atoms. The molecule has 0 saturated carbocycles. The van der Waals surface area contributed by atoms with Crippen LogP contribution in [0.5, 0.6) is 0 Å². The van der Waals surface area contributed by atoms with Crippen molar-refractivity contribution in [1.29, 1.82) is 5.41 Å². The summed E-state index contributed by atoms with van der Waals surface area (Å²) in [6, 6.07) is 0. The Morgan fingerprint density at radius 1 is 1.47 bits per heavy atom. The van der Waals surface area contributed by atoms with Crippen LogP contribution in [0.15, 0.2) is 0 Å². The Bertz CT molecular complexity index is 346. The van der Waals surface area contributed by atoms with Crippen LogP contribution in [0.1, 0.15) is 34.1 Å². The molecule has 110 valence electrons. The molecular formula is C13H23NO5. The molecule has 2 N–H and O–H groups in total. The third-order valence-electron chi connectivity index (χ3n) is 3.57. The molecule has 2 aliphatic rings. The number of hydrogen-bond acceptors (Lipinski definition) is 6. The molecule has 0 aromatic rings. The lowest BCUT2D eigenvalue weighted by atomic mass is 10.00. The minimum Gasteiger partial charge on any atom is -0.452 e. The van der Waals surface area contributed by atoms with E-state index in [0.29, 0.717) is 13.0 Å². The highest BCUT2D eigenvalue weighted by Crippen LogP contribution is 2.35. The SMILES string of the molecule is CCC(=N)OC1OC(C2COC(C)(C)O2)C(O)C1C. The summed E-state index contributed by atoms with van der Waals surface area (Å²) in [5.41, 5.74) is 0. The summed E-state index contributed by atoms with van der Waals surface area (Å²) < 4.78 is 22.3. The van der Waals surface area contributed by atoms with E-state index in [1.54, 1.807) is 0 Å². The smallest absolute Gasteiger partial charge is 0.206 e. The molecule has 2 rings (SSSR count). The number of ether oxygens (including phenoxy) is 4. The Morgan fingerprint density at radius 2 is 2.16 bits per heavy atom. The molecule has 6 nitrogen and oxygen atoms in total. The molecule has 6 heteroatoms. The largest absolute Gasteiger partial charge is 0.452 e. The topological polar surface area (TPSA) is 81.0 Å². The Morgan fingerprint density at radius 3 is 2.68 bits per heavy atom. The number of hydrogen-bond donors (Lipinski definition) is 2. The molecule has 2 fully saturated rings. The van der Waals surface area contributed by atoms with Gasteiger partial charge in [-0.3, -0.25) is 5.41 Å². The van der Waals surface area contributed by atoms with E-state index in [-0.39, 0.29) is 17.9 Å². The van der Waals surface area contributed by atoms with Crippen LogP contribution in [0, 0.1) is 11.3 Å². The zero-order valence-electron chi connectivity index (χ0n) is 11.9. The Balaban J connectivity index is 1.98. The van der Waals surface area contributed by atoms with Crippen LogP contribution < -0.4 is 0 Å². The second kappa shape index (κ2) is 5.36.